The van der Waals surface area contributed by atoms with E-state index < -0.39 is 0 Å². The van der Waals surface area contributed by atoms with Gasteiger partial charge in [0.25, 0.3) is 0 Å². The van der Waals surface area contributed by atoms with Crippen molar-refractivity contribution in [3.05, 3.63) is 0 Å². The van der Waals surface area contributed by atoms with Gasteiger partial charge in [0.2, 0.25) is 0 Å². The Hall–Kier alpha value is 0.210. The van der Waals surface area contributed by atoms with E-state index in [-0.39, 0.29) is 6.10 Å². The summed E-state index contributed by atoms with van der Waals surface area (Å²) in [5.74, 6) is 0.572. The summed E-state index contributed by atoms with van der Waals surface area (Å²) in [6.07, 6.45) is 1.16. The van der Waals surface area contributed by atoms with Crippen LogP contribution in [-0.4, -0.2) is 31.8 Å². The highest BCUT2D eigenvalue weighted by Gasteiger charge is 2.02. The fourth-order valence-electron chi connectivity index (χ4n) is 0.690. The minimum Gasteiger partial charge on any atom is -0.379 e. The molecule has 1 unspecified atom stereocenters. The van der Waals surface area contributed by atoms with Crippen LogP contribution in [0, 0.1) is 0 Å². The zero-order valence-electron chi connectivity index (χ0n) is 7.31. The summed E-state index contributed by atoms with van der Waals surface area (Å²) in [6.45, 7) is 6.11. The SMILES string of the molecule is CCOCCOC(CC)CCl. The lowest BCUT2D eigenvalue weighted by Gasteiger charge is -2.12. The van der Waals surface area contributed by atoms with Gasteiger partial charge in [0.1, 0.15) is 0 Å². The van der Waals surface area contributed by atoms with E-state index in [4.69, 9.17) is 21.1 Å². The average Bonchev–Trinajstić information content (AvgIpc) is 2.05. The molecule has 0 aliphatic carbocycles. The summed E-state index contributed by atoms with van der Waals surface area (Å²) in [5, 5.41) is 0. The van der Waals surface area contributed by atoms with Gasteiger partial charge in [-0.3, -0.25) is 0 Å². The van der Waals surface area contributed by atoms with Gasteiger partial charge in [-0.05, 0) is 13.3 Å². The van der Waals surface area contributed by atoms with Crippen LogP contribution < -0.4 is 0 Å². The molecule has 0 aliphatic heterocycles. The fourth-order valence-corrected chi connectivity index (χ4v) is 0.997. The lowest BCUT2D eigenvalue weighted by molar-refractivity contribution is 0.0156. The highest BCUT2D eigenvalue weighted by atomic mass is 35.5. The molecule has 0 saturated heterocycles. The summed E-state index contributed by atoms with van der Waals surface area (Å²) in [4.78, 5) is 0. The number of rotatable bonds is 7. The van der Waals surface area contributed by atoms with E-state index in [1.165, 1.54) is 0 Å². The maximum atomic E-state index is 5.61. The summed E-state index contributed by atoms with van der Waals surface area (Å²) >= 11 is 5.61. The van der Waals surface area contributed by atoms with Crippen molar-refractivity contribution in [3.63, 3.8) is 0 Å². The standard InChI is InChI=1S/C8H17ClO2/c1-3-8(7-9)11-6-5-10-4-2/h8H,3-7H2,1-2H3. The number of hydrogen-bond acceptors (Lipinski definition) is 2. The minimum absolute atomic E-state index is 0.192. The zero-order chi connectivity index (χ0) is 8.53. The van der Waals surface area contributed by atoms with Crippen LogP contribution in [0.4, 0.5) is 0 Å². The Bertz CT molecular complexity index is 74.5. The summed E-state index contributed by atoms with van der Waals surface area (Å²) in [6, 6.07) is 0. The van der Waals surface area contributed by atoms with Gasteiger partial charge in [0.05, 0.1) is 19.3 Å². The normalized spacial score (nSPS) is 13.4. The van der Waals surface area contributed by atoms with Crippen LogP contribution in [0.5, 0.6) is 0 Å². The van der Waals surface area contributed by atoms with Crippen LogP contribution in [0.3, 0.4) is 0 Å². The summed E-state index contributed by atoms with van der Waals surface area (Å²) in [7, 11) is 0. The van der Waals surface area contributed by atoms with E-state index in [1.807, 2.05) is 6.92 Å². The molecule has 0 saturated carbocycles. The number of ether oxygens (including phenoxy) is 2. The lowest BCUT2D eigenvalue weighted by Crippen LogP contribution is -2.16. The minimum atomic E-state index is 0.192. The molecule has 0 aromatic heterocycles. The topological polar surface area (TPSA) is 18.5 Å². The van der Waals surface area contributed by atoms with E-state index in [9.17, 15) is 0 Å². The average molecular weight is 181 g/mol. The Labute approximate surface area is 73.8 Å². The first kappa shape index (κ1) is 11.2. The van der Waals surface area contributed by atoms with E-state index in [1.54, 1.807) is 0 Å². The van der Waals surface area contributed by atoms with E-state index in [2.05, 4.69) is 6.92 Å². The number of hydrogen-bond donors (Lipinski definition) is 0. The molecule has 0 amide bonds. The lowest BCUT2D eigenvalue weighted by atomic mass is 10.3. The maximum absolute atomic E-state index is 5.61. The Morgan fingerprint density at radius 2 is 2.00 bits per heavy atom. The van der Waals surface area contributed by atoms with E-state index >= 15 is 0 Å². The highest BCUT2D eigenvalue weighted by Crippen LogP contribution is 1.99. The molecule has 0 aromatic carbocycles. The molecule has 0 fully saturated rings. The zero-order valence-corrected chi connectivity index (χ0v) is 8.06. The van der Waals surface area contributed by atoms with E-state index in [0.29, 0.717) is 19.1 Å². The fraction of sp³-hybridized carbons (Fsp3) is 1.00. The van der Waals surface area contributed by atoms with Gasteiger partial charge in [0, 0.05) is 12.5 Å². The van der Waals surface area contributed by atoms with Gasteiger partial charge < -0.3 is 9.47 Å². The van der Waals surface area contributed by atoms with E-state index in [0.717, 1.165) is 13.0 Å². The maximum Gasteiger partial charge on any atom is 0.0708 e. The summed E-state index contributed by atoms with van der Waals surface area (Å²) in [5.41, 5.74) is 0. The molecule has 0 N–H and O–H groups in total. The van der Waals surface area contributed by atoms with Gasteiger partial charge in [-0.2, -0.15) is 0 Å². The van der Waals surface area contributed by atoms with Crippen molar-refractivity contribution in [1.29, 1.82) is 0 Å². The van der Waals surface area contributed by atoms with Crippen molar-refractivity contribution in [1.82, 2.24) is 0 Å². The van der Waals surface area contributed by atoms with Crippen LogP contribution in [0.15, 0.2) is 0 Å². The van der Waals surface area contributed by atoms with Crippen molar-refractivity contribution in [2.75, 3.05) is 25.7 Å². The highest BCUT2D eigenvalue weighted by molar-refractivity contribution is 6.18. The second-order valence-corrected chi connectivity index (χ2v) is 2.56. The monoisotopic (exact) mass is 180 g/mol. The van der Waals surface area contributed by atoms with Crippen molar-refractivity contribution < 1.29 is 9.47 Å². The molecule has 0 aromatic rings. The van der Waals surface area contributed by atoms with Gasteiger partial charge in [0.15, 0.2) is 0 Å². The first-order valence-corrected chi connectivity index (χ1v) is 4.63. The van der Waals surface area contributed by atoms with Crippen molar-refractivity contribution in [2.45, 2.75) is 26.4 Å². The van der Waals surface area contributed by atoms with Gasteiger partial charge in [-0.25, -0.2) is 0 Å². The number of alkyl halides is 1. The predicted molar refractivity (Wildman–Crippen MR) is 47.2 cm³/mol. The molecule has 11 heavy (non-hydrogen) atoms. The molecule has 0 bridgehead atoms. The molecule has 2 nitrogen and oxygen atoms in total. The Kier molecular flexibility index (Phi) is 8.47. The van der Waals surface area contributed by atoms with Gasteiger partial charge >= 0.3 is 0 Å². The van der Waals surface area contributed by atoms with Crippen LogP contribution in [0.25, 0.3) is 0 Å². The molecule has 0 radical (unpaired) electrons. The van der Waals surface area contributed by atoms with Gasteiger partial charge in [-0.15, -0.1) is 11.6 Å². The van der Waals surface area contributed by atoms with Crippen molar-refractivity contribution in [2.24, 2.45) is 0 Å². The molecule has 1 atom stereocenters. The Balaban J connectivity index is 3.07. The third kappa shape index (κ3) is 6.60. The first-order chi connectivity index (χ1) is 5.35. The number of halogens is 1. The molecule has 3 heteroatoms. The third-order valence-electron chi connectivity index (χ3n) is 1.41. The molecular formula is C8H17ClO2. The first-order valence-electron chi connectivity index (χ1n) is 4.10. The Morgan fingerprint density at radius 1 is 1.27 bits per heavy atom. The van der Waals surface area contributed by atoms with Gasteiger partial charge in [-0.1, -0.05) is 6.92 Å². The smallest absolute Gasteiger partial charge is 0.0708 e. The molecule has 0 rings (SSSR count). The molecular weight excluding hydrogens is 164 g/mol. The summed E-state index contributed by atoms with van der Waals surface area (Å²) < 4.78 is 10.5. The van der Waals surface area contributed by atoms with Crippen molar-refractivity contribution >= 4 is 11.6 Å². The molecule has 0 spiro atoms. The van der Waals surface area contributed by atoms with Crippen LogP contribution in [-0.2, 0) is 9.47 Å². The molecule has 68 valence electrons. The van der Waals surface area contributed by atoms with Crippen LogP contribution in [0.2, 0.25) is 0 Å². The second-order valence-electron chi connectivity index (χ2n) is 2.25. The largest absolute Gasteiger partial charge is 0.379 e. The second kappa shape index (κ2) is 8.31. The third-order valence-corrected chi connectivity index (χ3v) is 1.76. The molecule has 0 heterocycles. The Morgan fingerprint density at radius 3 is 2.45 bits per heavy atom. The predicted octanol–water partition coefficient (Wildman–Crippen LogP) is 2.06. The van der Waals surface area contributed by atoms with Crippen molar-refractivity contribution in [3.8, 4) is 0 Å². The molecule has 0 aliphatic rings. The quantitative estimate of drug-likeness (QED) is 0.441. The van der Waals surface area contributed by atoms with Crippen LogP contribution >= 0.6 is 11.6 Å². The van der Waals surface area contributed by atoms with Crippen LogP contribution in [0.1, 0.15) is 20.3 Å².